The summed E-state index contributed by atoms with van der Waals surface area (Å²) in [5.41, 5.74) is 2.17. The largest absolute Gasteiger partial charge is 0.479 e. The molecule has 1 aliphatic heterocycles. The lowest BCUT2D eigenvalue weighted by Crippen LogP contribution is -2.61. The van der Waals surface area contributed by atoms with Gasteiger partial charge in [-0.3, -0.25) is 4.90 Å². The van der Waals surface area contributed by atoms with Crippen LogP contribution in [-0.4, -0.2) is 81.1 Å². The highest BCUT2D eigenvalue weighted by Crippen LogP contribution is 2.34. The van der Waals surface area contributed by atoms with Crippen LogP contribution in [0.4, 0.5) is 0 Å². The maximum absolute atomic E-state index is 11.4. The Labute approximate surface area is 203 Å². The lowest BCUT2D eigenvalue weighted by Gasteiger charge is -2.39. The highest BCUT2D eigenvalue weighted by atomic mass is 32.1. The van der Waals surface area contributed by atoms with Crippen LogP contribution in [0.25, 0.3) is 0 Å². The lowest BCUT2D eigenvalue weighted by molar-refractivity contribution is -0.271. The van der Waals surface area contributed by atoms with Crippen molar-refractivity contribution >= 4 is 17.3 Å². The van der Waals surface area contributed by atoms with Gasteiger partial charge >= 0.3 is 5.97 Å². The molecule has 0 radical (unpaired) electrons. The molecule has 186 valence electrons. The number of carboxylic acids is 1. The zero-order valence-electron chi connectivity index (χ0n) is 19.2. The summed E-state index contributed by atoms with van der Waals surface area (Å²) in [6, 6.07) is 10.4. The quantitative estimate of drug-likeness (QED) is 0.420. The van der Waals surface area contributed by atoms with E-state index in [4.69, 9.17) is 9.47 Å². The van der Waals surface area contributed by atoms with E-state index >= 15 is 0 Å². The summed E-state index contributed by atoms with van der Waals surface area (Å²) in [5.74, 6) is -0.920. The van der Waals surface area contributed by atoms with E-state index in [0.717, 1.165) is 56.3 Å². The number of rotatable bonds is 9. The number of thiophene rings is 1. The molecule has 1 saturated heterocycles. The number of ether oxygens (including phenoxy) is 2. The van der Waals surface area contributed by atoms with Crippen LogP contribution < -0.4 is 4.74 Å². The van der Waals surface area contributed by atoms with E-state index in [2.05, 4.69) is 35.4 Å². The summed E-state index contributed by atoms with van der Waals surface area (Å²) >= 11 is 1.79. The van der Waals surface area contributed by atoms with E-state index in [-0.39, 0.29) is 0 Å². The summed E-state index contributed by atoms with van der Waals surface area (Å²) < 4.78 is 11.2. The highest BCUT2D eigenvalue weighted by molar-refractivity contribution is 7.09. The van der Waals surface area contributed by atoms with E-state index in [0.29, 0.717) is 11.8 Å². The van der Waals surface area contributed by atoms with Crippen molar-refractivity contribution < 1.29 is 34.7 Å². The Morgan fingerprint density at radius 1 is 1.15 bits per heavy atom. The summed E-state index contributed by atoms with van der Waals surface area (Å²) in [6.45, 7) is 4.26. The second kappa shape index (κ2) is 11.2. The number of aliphatic carboxylic acids is 1. The Bertz CT molecular complexity index is 953. The third-order valence-electron chi connectivity index (χ3n) is 6.72. The summed E-state index contributed by atoms with van der Waals surface area (Å²) in [5, 5.41) is 41.7. The third-order valence-corrected chi connectivity index (χ3v) is 7.66. The van der Waals surface area contributed by atoms with Gasteiger partial charge in [0.2, 0.25) is 6.29 Å². The first-order valence-electron chi connectivity index (χ1n) is 11.8. The number of aliphatic hydroxyl groups is 3. The molecule has 2 heterocycles. The number of hydrogen-bond donors (Lipinski definition) is 4. The van der Waals surface area contributed by atoms with Crippen LogP contribution in [0.15, 0.2) is 35.7 Å². The first-order chi connectivity index (χ1) is 16.4. The van der Waals surface area contributed by atoms with Crippen molar-refractivity contribution in [3.8, 4) is 5.75 Å². The molecule has 1 aromatic heterocycles. The molecule has 6 atom stereocenters. The fraction of sp³-hybridized carbons (Fsp3) is 0.560. The maximum Gasteiger partial charge on any atom is 0.335 e. The molecular formula is C25H33NO7S. The average molecular weight is 492 g/mol. The fourth-order valence-electron chi connectivity index (χ4n) is 4.92. The molecular weight excluding hydrogens is 458 g/mol. The molecule has 1 fully saturated rings. The van der Waals surface area contributed by atoms with E-state index in [1.54, 1.807) is 17.4 Å². The van der Waals surface area contributed by atoms with Gasteiger partial charge in [0.15, 0.2) is 6.10 Å². The zero-order valence-corrected chi connectivity index (χ0v) is 20.1. The SMILES string of the molecule is CCCN(CCc1cccs1)C1CCc2c(cccc2OC2OC(C(=O)O)C(O)C(O)C2O)C1. The minimum absolute atomic E-state index is 0.424. The Kier molecular flexibility index (Phi) is 8.23. The van der Waals surface area contributed by atoms with Crippen molar-refractivity contribution in [3.05, 3.63) is 51.7 Å². The molecule has 8 nitrogen and oxygen atoms in total. The number of carbonyl (C=O) groups is 1. The number of benzene rings is 1. The van der Waals surface area contributed by atoms with Crippen LogP contribution in [0.3, 0.4) is 0 Å². The summed E-state index contributed by atoms with van der Waals surface area (Å²) in [6.07, 6.45) is -3.32. The standard InChI is InChI=1S/C25H33NO7S/c1-2-11-26(12-10-17-6-4-13-34-17)16-8-9-18-15(14-16)5-3-7-19(18)32-25-22(29)20(27)21(28)23(33-25)24(30)31/h3-7,13,16,20-23,25,27-29H,2,8-12,14H2,1H3,(H,30,31). The Morgan fingerprint density at radius 3 is 2.68 bits per heavy atom. The van der Waals surface area contributed by atoms with Crippen molar-refractivity contribution in [1.82, 2.24) is 4.90 Å². The van der Waals surface area contributed by atoms with Crippen molar-refractivity contribution in [2.45, 2.75) is 75.8 Å². The molecule has 9 heteroatoms. The lowest BCUT2D eigenvalue weighted by atomic mass is 9.86. The third kappa shape index (κ3) is 5.45. The normalized spacial score (nSPS) is 29.1. The Balaban J connectivity index is 1.46. The van der Waals surface area contributed by atoms with E-state index in [1.165, 1.54) is 4.88 Å². The van der Waals surface area contributed by atoms with Gasteiger partial charge in [-0.25, -0.2) is 4.79 Å². The monoisotopic (exact) mass is 491 g/mol. The fourth-order valence-corrected chi connectivity index (χ4v) is 5.62. The second-order valence-corrected chi connectivity index (χ2v) is 10.0. The van der Waals surface area contributed by atoms with Gasteiger partial charge in [-0.2, -0.15) is 0 Å². The molecule has 4 N–H and O–H groups in total. The van der Waals surface area contributed by atoms with E-state index in [9.17, 15) is 25.2 Å². The number of carboxylic acid groups (broad SMARTS) is 1. The van der Waals surface area contributed by atoms with Gasteiger partial charge in [-0.05, 0) is 67.3 Å². The number of hydrogen-bond acceptors (Lipinski definition) is 8. The Hall–Kier alpha value is -2.01. The molecule has 6 unspecified atom stereocenters. The van der Waals surface area contributed by atoms with Gasteiger partial charge in [0.1, 0.15) is 24.1 Å². The van der Waals surface area contributed by atoms with Gasteiger partial charge in [-0.1, -0.05) is 25.1 Å². The van der Waals surface area contributed by atoms with E-state index < -0.39 is 36.7 Å². The van der Waals surface area contributed by atoms with E-state index in [1.807, 2.05) is 6.07 Å². The topological polar surface area (TPSA) is 120 Å². The minimum atomic E-state index is -1.74. The van der Waals surface area contributed by atoms with Gasteiger partial charge in [0.25, 0.3) is 0 Å². The molecule has 0 saturated carbocycles. The summed E-state index contributed by atoms with van der Waals surface area (Å²) in [4.78, 5) is 15.4. The molecule has 4 rings (SSSR count). The Morgan fingerprint density at radius 2 is 1.97 bits per heavy atom. The predicted octanol–water partition coefficient (Wildman–Crippen LogP) is 1.83. The van der Waals surface area contributed by atoms with Crippen molar-refractivity contribution in [3.63, 3.8) is 0 Å². The van der Waals surface area contributed by atoms with Crippen LogP contribution in [0.2, 0.25) is 0 Å². The molecule has 0 amide bonds. The van der Waals surface area contributed by atoms with Gasteiger partial charge < -0.3 is 29.9 Å². The molecule has 34 heavy (non-hydrogen) atoms. The van der Waals surface area contributed by atoms with Crippen LogP contribution in [-0.2, 0) is 28.8 Å². The predicted molar refractivity (Wildman–Crippen MR) is 127 cm³/mol. The first kappa shape index (κ1) is 25.1. The zero-order chi connectivity index (χ0) is 24.2. The number of fused-ring (bicyclic) bond motifs is 1. The molecule has 2 aromatic rings. The van der Waals surface area contributed by atoms with Gasteiger partial charge in [0.05, 0.1) is 0 Å². The smallest absolute Gasteiger partial charge is 0.335 e. The van der Waals surface area contributed by atoms with Crippen molar-refractivity contribution in [2.24, 2.45) is 0 Å². The highest BCUT2D eigenvalue weighted by Gasteiger charge is 2.48. The first-order valence-corrected chi connectivity index (χ1v) is 12.7. The molecule has 2 aliphatic rings. The number of nitrogens with zero attached hydrogens (tertiary/aromatic N) is 1. The van der Waals surface area contributed by atoms with Crippen LogP contribution in [0.5, 0.6) is 5.75 Å². The van der Waals surface area contributed by atoms with Gasteiger partial charge in [-0.15, -0.1) is 11.3 Å². The molecule has 0 bridgehead atoms. The van der Waals surface area contributed by atoms with Crippen molar-refractivity contribution in [1.29, 1.82) is 0 Å². The summed E-state index contributed by atoms with van der Waals surface area (Å²) in [7, 11) is 0. The molecule has 1 aliphatic carbocycles. The molecule has 1 aromatic carbocycles. The van der Waals surface area contributed by atoms with Crippen LogP contribution in [0, 0.1) is 0 Å². The number of aliphatic hydroxyl groups excluding tert-OH is 3. The average Bonchev–Trinajstić information content (AvgIpc) is 3.35. The minimum Gasteiger partial charge on any atom is -0.479 e. The van der Waals surface area contributed by atoms with Gasteiger partial charge in [0, 0.05) is 17.5 Å². The molecule has 0 spiro atoms. The maximum atomic E-state index is 11.4. The second-order valence-electron chi connectivity index (χ2n) is 9.01. The van der Waals surface area contributed by atoms with Crippen molar-refractivity contribution in [2.75, 3.05) is 13.1 Å². The van der Waals surface area contributed by atoms with Crippen LogP contribution >= 0.6 is 11.3 Å². The van der Waals surface area contributed by atoms with Crippen LogP contribution in [0.1, 0.15) is 35.8 Å².